The number of hydrogen-bond donors (Lipinski definition) is 0. The third-order valence-electron chi connectivity index (χ3n) is 10.0. The molecule has 281 valence electrons. The number of fused-ring (bicyclic) bond motifs is 4. The van der Waals surface area contributed by atoms with E-state index in [0.717, 1.165) is 54.0 Å². The first-order valence-electron chi connectivity index (χ1n) is 19.7. The predicted octanol–water partition coefficient (Wildman–Crippen LogP) is 12.3. The van der Waals surface area contributed by atoms with E-state index in [4.69, 9.17) is 7.73 Å². The van der Waals surface area contributed by atoms with E-state index >= 15 is 0 Å². The van der Waals surface area contributed by atoms with Crippen LogP contribution in [0.15, 0.2) is 140 Å². The zero-order valence-electron chi connectivity index (χ0n) is 34.4. The molecule has 1 unspecified atom stereocenters. The summed E-state index contributed by atoms with van der Waals surface area (Å²) in [5.41, 5.74) is 10.2. The Balaban J connectivity index is 0.000000175. The quantitative estimate of drug-likeness (QED) is 0.118. The molecule has 1 radical (unpaired) electrons. The van der Waals surface area contributed by atoms with Gasteiger partial charge in [0, 0.05) is 32.0 Å². The number of thiophene rings is 1. The van der Waals surface area contributed by atoms with Crippen molar-refractivity contribution in [2.24, 2.45) is 0 Å². The Morgan fingerprint density at radius 3 is 2.29 bits per heavy atom. The summed E-state index contributed by atoms with van der Waals surface area (Å²) in [7, 11) is 0. The predicted molar refractivity (Wildman–Crippen MR) is 236 cm³/mol. The number of nitrogens with zero attached hydrogens (tertiary/aromatic N) is 4. The van der Waals surface area contributed by atoms with E-state index in [2.05, 4.69) is 106 Å². The van der Waals surface area contributed by atoms with Crippen molar-refractivity contribution >= 4 is 60.3 Å². The number of imidazole rings is 1. The van der Waals surface area contributed by atoms with Crippen LogP contribution in [0.5, 0.6) is 0 Å². The number of aromatic nitrogens is 4. The molecule has 4 heterocycles. The van der Waals surface area contributed by atoms with Gasteiger partial charge in [0.05, 0.1) is 16.9 Å². The fourth-order valence-electron chi connectivity index (χ4n) is 7.25. The number of para-hydroxylation sites is 3. The zero-order valence-corrected chi connectivity index (χ0v) is 37.7. The SMILES string of the molecule is Cc1cccc(C)c1-n1c(-c2[c-]ccc3c2sc2ncccc23)nc2ccccc21.[2H]C([2H])(c1cc(-c2[c-]cccc2)nc[c]1[Ge]([CH3])([CH3])[CH3])C(C)c1ccccc1.[Ir]. The van der Waals surface area contributed by atoms with Crippen molar-refractivity contribution in [2.75, 3.05) is 0 Å². The standard InChI is InChI=1S/C26H18N3S.C23H26GeN.Ir/c1-16-8-5-9-17(2)23(16)29-22-14-4-3-13-21(22)28-25(29)20-11-6-10-18-19-12-7-15-27-26(19)30-24(18)20;1-18(19-11-7-5-8-12-19)15-21-16-23(20-13-9-6-10-14-20)25-17-22(21)24(2,3)4;/h3-10,12-15H,1-2H3;5-13,16-18H,15H2,1-4H3;/q2*-1;/i;15D2;. The van der Waals surface area contributed by atoms with E-state index < -0.39 is 19.6 Å². The van der Waals surface area contributed by atoms with Crippen molar-refractivity contribution in [3.8, 4) is 28.3 Å². The Bertz CT molecular complexity index is 2850. The molecule has 9 aromatic rings. The Kier molecular flexibility index (Phi) is 11.1. The monoisotopic (exact) mass is 989 g/mol. The van der Waals surface area contributed by atoms with Gasteiger partial charge in [0.2, 0.25) is 0 Å². The molecule has 0 aliphatic carbocycles. The topological polar surface area (TPSA) is 43.6 Å². The van der Waals surface area contributed by atoms with Crippen LogP contribution in [0, 0.1) is 26.0 Å². The summed E-state index contributed by atoms with van der Waals surface area (Å²) in [5.74, 6) is 7.54. The third kappa shape index (κ3) is 7.94. The molecule has 9 rings (SSSR count). The molecule has 56 heavy (non-hydrogen) atoms. The molecule has 0 fully saturated rings. The van der Waals surface area contributed by atoms with Gasteiger partial charge < -0.3 is 4.57 Å². The minimum absolute atomic E-state index is 0. The molecule has 0 N–H and O–H groups in total. The molecule has 7 heteroatoms. The Hall–Kier alpha value is -4.72. The fraction of sp³-hybridized carbons (Fsp3) is 0.163. The van der Waals surface area contributed by atoms with Crippen molar-refractivity contribution in [3.63, 3.8) is 0 Å². The largest absolute Gasteiger partial charge is 0 e. The normalized spacial score (nSPS) is 12.8. The maximum Gasteiger partial charge on any atom is 0 e. The Morgan fingerprint density at radius 1 is 0.786 bits per heavy atom. The van der Waals surface area contributed by atoms with Crippen LogP contribution >= 0.6 is 11.3 Å². The second-order valence-corrected chi connectivity index (χ2v) is 26.5. The molecule has 0 spiro atoms. The summed E-state index contributed by atoms with van der Waals surface area (Å²) < 4.78 is 22.7. The van der Waals surface area contributed by atoms with E-state index in [0.29, 0.717) is 0 Å². The summed E-state index contributed by atoms with van der Waals surface area (Å²) in [6, 6.07) is 49.4. The molecule has 0 aliphatic rings. The molecule has 0 aliphatic heterocycles. The zero-order chi connectivity index (χ0) is 39.9. The van der Waals surface area contributed by atoms with Gasteiger partial charge in [-0.1, -0.05) is 47.3 Å². The van der Waals surface area contributed by atoms with Crippen LogP contribution in [0.3, 0.4) is 0 Å². The van der Waals surface area contributed by atoms with Crippen molar-refractivity contribution in [2.45, 2.75) is 50.3 Å². The second kappa shape index (κ2) is 16.8. The Morgan fingerprint density at radius 2 is 1.54 bits per heavy atom. The molecular weight excluding hydrogens is 941 g/mol. The summed E-state index contributed by atoms with van der Waals surface area (Å²) in [6.07, 6.45) is 2.29. The molecule has 0 bridgehead atoms. The van der Waals surface area contributed by atoms with Crippen LogP contribution in [0.1, 0.15) is 37.8 Å². The summed E-state index contributed by atoms with van der Waals surface area (Å²) in [6.45, 7) is 6.30. The van der Waals surface area contributed by atoms with Crippen LogP contribution in [0.25, 0.3) is 59.7 Å². The van der Waals surface area contributed by atoms with Gasteiger partial charge in [-0.15, -0.1) is 18.2 Å². The van der Waals surface area contributed by atoms with Crippen LogP contribution in [-0.2, 0) is 26.5 Å². The minimum Gasteiger partial charge on any atom is 0 e. The minimum atomic E-state index is -2.32. The van der Waals surface area contributed by atoms with Gasteiger partial charge in [0.25, 0.3) is 0 Å². The first kappa shape index (κ1) is 36.9. The van der Waals surface area contributed by atoms with Gasteiger partial charge in [0.1, 0.15) is 4.83 Å². The van der Waals surface area contributed by atoms with Crippen molar-refractivity contribution in [1.82, 2.24) is 19.5 Å². The molecule has 5 aromatic carbocycles. The molecule has 1 atom stereocenters. The van der Waals surface area contributed by atoms with Gasteiger partial charge in [-0.3, -0.25) is 4.98 Å². The van der Waals surface area contributed by atoms with Crippen LogP contribution in [0.2, 0.25) is 17.3 Å². The van der Waals surface area contributed by atoms with Gasteiger partial charge in [-0.05, 0) is 53.3 Å². The van der Waals surface area contributed by atoms with Gasteiger partial charge in [-0.2, -0.15) is 11.3 Å². The van der Waals surface area contributed by atoms with Crippen molar-refractivity contribution in [1.29, 1.82) is 0 Å². The Labute approximate surface area is 353 Å². The number of rotatable bonds is 7. The van der Waals surface area contributed by atoms with Gasteiger partial charge in [-0.25, -0.2) is 4.98 Å². The second-order valence-electron chi connectivity index (χ2n) is 15.0. The first-order chi connectivity index (χ1) is 27.4. The molecule has 0 amide bonds. The third-order valence-corrected chi connectivity index (χ3v) is 15.4. The van der Waals surface area contributed by atoms with Gasteiger partial charge >= 0.3 is 157 Å². The van der Waals surface area contributed by atoms with E-state index in [1.54, 1.807) is 11.3 Å². The van der Waals surface area contributed by atoms with E-state index in [-0.39, 0.29) is 26.0 Å². The molecule has 4 nitrogen and oxygen atoms in total. The number of benzene rings is 5. The molecule has 0 saturated carbocycles. The molecular formula is C49H44GeIrN4S-2. The molecule has 0 saturated heterocycles. The van der Waals surface area contributed by atoms with Gasteiger partial charge in [0.15, 0.2) is 0 Å². The number of aryl methyl sites for hydroxylation is 2. The average molecular weight is 988 g/mol. The summed E-state index contributed by atoms with van der Waals surface area (Å²) in [4.78, 5) is 15.4. The first-order valence-corrected chi connectivity index (χ1v) is 26.8. The van der Waals surface area contributed by atoms with E-state index in [1.165, 1.54) is 32.3 Å². The van der Waals surface area contributed by atoms with Crippen LogP contribution < -0.4 is 4.40 Å². The number of pyridine rings is 2. The maximum atomic E-state index is 9.05. The smallest absolute Gasteiger partial charge is 0 e. The van der Waals surface area contributed by atoms with E-state index in [1.807, 2.05) is 98.2 Å². The molecule has 4 aromatic heterocycles. The van der Waals surface area contributed by atoms with Crippen LogP contribution in [0.4, 0.5) is 0 Å². The maximum absolute atomic E-state index is 9.05. The van der Waals surface area contributed by atoms with Crippen LogP contribution in [-0.4, -0.2) is 32.8 Å². The fourth-order valence-corrected chi connectivity index (χ4v) is 11.3. The number of hydrogen-bond acceptors (Lipinski definition) is 4. The van der Waals surface area contributed by atoms with Crippen molar-refractivity contribution < 1.29 is 22.8 Å². The summed E-state index contributed by atoms with van der Waals surface area (Å²) >= 11 is -0.610. The van der Waals surface area contributed by atoms with Crippen molar-refractivity contribution in [3.05, 3.63) is 174 Å². The average Bonchev–Trinajstić information content (AvgIpc) is 3.80. The van der Waals surface area contributed by atoms with E-state index in [9.17, 15) is 0 Å². The summed E-state index contributed by atoms with van der Waals surface area (Å²) in [5, 5.41) is 2.39.